The first kappa shape index (κ1) is 13.7. The van der Waals surface area contributed by atoms with Gasteiger partial charge in [0.2, 0.25) is 0 Å². The molecule has 0 aliphatic carbocycles. The summed E-state index contributed by atoms with van der Waals surface area (Å²) in [5.41, 5.74) is 0. The molecule has 1 N–H and O–H groups in total. The molecule has 2 unspecified atom stereocenters. The quantitative estimate of drug-likeness (QED) is 0.743. The summed E-state index contributed by atoms with van der Waals surface area (Å²) in [6.07, 6.45) is -2.20. The van der Waals surface area contributed by atoms with Gasteiger partial charge in [-0.15, -0.1) is 0 Å². The van der Waals surface area contributed by atoms with Gasteiger partial charge in [0.05, 0.1) is 12.7 Å². The lowest BCUT2D eigenvalue weighted by Gasteiger charge is -2.28. The Balaban J connectivity index is 1.98. The third-order valence-electron chi connectivity index (χ3n) is 2.43. The van der Waals surface area contributed by atoms with Crippen LogP contribution in [0.3, 0.4) is 0 Å². The predicted molar refractivity (Wildman–Crippen MR) is 53.3 cm³/mol. The van der Waals surface area contributed by atoms with Crippen LogP contribution in [0.5, 0.6) is 0 Å². The van der Waals surface area contributed by atoms with Gasteiger partial charge in [-0.25, -0.2) is 0 Å². The Kier molecular flexibility index (Phi) is 5.51. The van der Waals surface area contributed by atoms with Crippen molar-refractivity contribution in [3.05, 3.63) is 0 Å². The van der Waals surface area contributed by atoms with Crippen LogP contribution < -0.4 is 5.32 Å². The SMILES string of the molecule is CC1CC(NCCOCC(F)(F)F)CCO1. The van der Waals surface area contributed by atoms with E-state index in [9.17, 15) is 13.2 Å². The summed E-state index contributed by atoms with van der Waals surface area (Å²) in [6, 6.07) is 0.332. The Morgan fingerprint density at radius 2 is 2.19 bits per heavy atom. The molecule has 0 aromatic heterocycles. The van der Waals surface area contributed by atoms with Gasteiger partial charge in [-0.05, 0) is 19.8 Å². The Labute approximate surface area is 93.3 Å². The normalized spacial score (nSPS) is 27.0. The molecular formula is C10H18F3NO2. The van der Waals surface area contributed by atoms with Crippen LogP contribution in [-0.4, -0.2) is 44.7 Å². The first-order chi connectivity index (χ1) is 7.47. The van der Waals surface area contributed by atoms with E-state index in [1.807, 2.05) is 6.92 Å². The number of hydrogen-bond donors (Lipinski definition) is 1. The van der Waals surface area contributed by atoms with Gasteiger partial charge in [-0.1, -0.05) is 0 Å². The van der Waals surface area contributed by atoms with Crippen molar-refractivity contribution in [1.29, 1.82) is 0 Å². The lowest BCUT2D eigenvalue weighted by molar-refractivity contribution is -0.173. The molecule has 0 amide bonds. The van der Waals surface area contributed by atoms with Crippen LogP contribution in [0.1, 0.15) is 19.8 Å². The molecule has 1 heterocycles. The van der Waals surface area contributed by atoms with Gasteiger partial charge in [0.15, 0.2) is 0 Å². The predicted octanol–water partition coefficient (Wildman–Crippen LogP) is 1.72. The summed E-state index contributed by atoms with van der Waals surface area (Å²) in [5, 5.41) is 3.17. The standard InChI is InChI=1S/C10H18F3NO2/c1-8-6-9(2-4-16-8)14-3-5-15-7-10(11,12)13/h8-9,14H,2-7H2,1H3. The third-order valence-corrected chi connectivity index (χ3v) is 2.43. The van der Waals surface area contributed by atoms with E-state index in [-0.39, 0.29) is 12.7 Å². The molecule has 0 bridgehead atoms. The smallest absolute Gasteiger partial charge is 0.378 e. The number of hydrogen-bond acceptors (Lipinski definition) is 3. The first-order valence-electron chi connectivity index (χ1n) is 5.47. The number of rotatable bonds is 5. The molecular weight excluding hydrogens is 223 g/mol. The maximum Gasteiger partial charge on any atom is 0.411 e. The van der Waals surface area contributed by atoms with E-state index in [2.05, 4.69) is 10.1 Å². The van der Waals surface area contributed by atoms with E-state index in [0.717, 1.165) is 12.8 Å². The van der Waals surface area contributed by atoms with Crippen LogP contribution in [0.4, 0.5) is 13.2 Å². The van der Waals surface area contributed by atoms with Gasteiger partial charge in [0.1, 0.15) is 6.61 Å². The van der Waals surface area contributed by atoms with Crippen LogP contribution >= 0.6 is 0 Å². The average Bonchev–Trinajstić information content (AvgIpc) is 2.15. The molecule has 0 radical (unpaired) electrons. The highest BCUT2D eigenvalue weighted by molar-refractivity contribution is 4.74. The first-order valence-corrected chi connectivity index (χ1v) is 5.47. The fourth-order valence-corrected chi connectivity index (χ4v) is 1.71. The number of nitrogens with one attached hydrogen (secondary N) is 1. The lowest BCUT2D eigenvalue weighted by atomic mass is 10.0. The second-order valence-electron chi connectivity index (χ2n) is 4.02. The van der Waals surface area contributed by atoms with Crippen LogP contribution in [0.15, 0.2) is 0 Å². The minimum Gasteiger partial charge on any atom is -0.378 e. The molecule has 1 fully saturated rings. The second-order valence-corrected chi connectivity index (χ2v) is 4.02. The van der Waals surface area contributed by atoms with Crippen molar-refractivity contribution in [1.82, 2.24) is 5.32 Å². The molecule has 0 saturated carbocycles. The van der Waals surface area contributed by atoms with Crippen molar-refractivity contribution in [2.45, 2.75) is 38.1 Å². The van der Waals surface area contributed by atoms with Crippen molar-refractivity contribution in [3.63, 3.8) is 0 Å². The maximum absolute atomic E-state index is 11.7. The highest BCUT2D eigenvalue weighted by Gasteiger charge is 2.27. The summed E-state index contributed by atoms with van der Waals surface area (Å²) in [5.74, 6) is 0. The van der Waals surface area contributed by atoms with Crippen molar-refractivity contribution in [3.8, 4) is 0 Å². The fourth-order valence-electron chi connectivity index (χ4n) is 1.71. The zero-order valence-corrected chi connectivity index (χ0v) is 9.35. The monoisotopic (exact) mass is 241 g/mol. The lowest BCUT2D eigenvalue weighted by Crippen LogP contribution is -2.39. The Bertz CT molecular complexity index is 199. The molecule has 0 aromatic carbocycles. The van der Waals surface area contributed by atoms with Crippen LogP contribution in [0.25, 0.3) is 0 Å². The minimum absolute atomic E-state index is 0.0885. The molecule has 0 aromatic rings. The van der Waals surface area contributed by atoms with Crippen molar-refractivity contribution in [2.75, 3.05) is 26.4 Å². The molecule has 16 heavy (non-hydrogen) atoms. The van der Waals surface area contributed by atoms with Gasteiger partial charge in [-0.2, -0.15) is 13.2 Å². The van der Waals surface area contributed by atoms with E-state index in [0.29, 0.717) is 19.2 Å². The van der Waals surface area contributed by atoms with Crippen molar-refractivity contribution < 1.29 is 22.6 Å². The molecule has 1 rings (SSSR count). The molecule has 1 saturated heterocycles. The van der Waals surface area contributed by atoms with E-state index in [1.165, 1.54) is 0 Å². The highest BCUT2D eigenvalue weighted by atomic mass is 19.4. The third kappa shape index (κ3) is 6.30. The molecule has 1 aliphatic heterocycles. The van der Waals surface area contributed by atoms with E-state index < -0.39 is 12.8 Å². The molecule has 1 aliphatic rings. The summed E-state index contributed by atoms with van der Waals surface area (Å²) in [7, 11) is 0. The molecule has 96 valence electrons. The van der Waals surface area contributed by atoms with Gasteiger partial charge >= 0.3 is 6.18 Å². The highest BCUT2D eigenvalue weighted by Crippen LogP contribution is 2.14. The minimum atomic E-state index is -4.23. The molecule has 6 heteroatoms. The topological polar surface area (TPSA) is 30.5 Å². The van der Waals surface area contributed by atoms with Gasteiger partial charge in [0.25, 0.3) is 0 Å². The largest absolute Gasteiger partial charge is 0.411 e. The maximum atomic E-state index is 11.7. The molecule has 3 nitrogen and oxygen atoms in total. The summed E-state index contributed by atoms with van der Waals surface area (Å²) in [4.78, 5) is 0. The van der Waals surface area contributed by atoms with E-state index in [4.69, 9.17) is 4.74 Å². The zero-order chi connectivity index (χ0) is 12.0. The number of alkyl halides is 3. The number of halogens is 3. The van der Waals surface area contributed by atoms with Gasteiger partial charge in [-0.3, -0.25) is 0 Å². The van der Waals surface area contributed by atoms with E-state index in [1.54, 1.807) is 0 Å². The van der Waals surface area contributed by atoms with E-state index >= 15 is 0 Å². The summed E-state index contributed by atoms with van der Waals surface area (Å²) >= 11 is 0. The van der Waals surface area contributed by atoms with Gasteiger partial charge < -0.3 is 14.8 Å². The molecule has 0 spiro atoms. The van der Waals surface area contributed by atoms with Crippen LogP contribution in [0.2, 0.25) is 0 Å². The van der Waals surface area contributed by atoms with Crippen LogP contribution in [-0.2, 0) is 9.47 Å². The summed E-state index contributed by atoms with van der Waals surface area (Å²) in [6.45, 7) is 2.08. The average molecular weight is 241 g/mol. The zero-order valence-electron chi connectivity index (χ0n) is 9.35. The fraction of sp³-hybridized carbons (Fsp3) is 1.00. The van der Waals surface area contributed by atoms with Crippen molar-refractivity contribution >= 4 is 0 Å². The van der Waals surface area contributed by atoms with Crippen molar-refractivity contribution in [2.24, 2.45) is 0 Å². The Morgan fingerprint density at radius 3 is 2.81 bits per heavy atom. The number of ether oxygens (including phenoxy) is 2. The van der Waals surface area contributed by atoms with Crippen LogP contribution in [0, 0.1) is 0 Å². The molecule has 2 atom stereocenters. The Hall–Kier alpha value is -0.330. The second kappa shape index (κ2) is 6.42. The summed E-state index contributed by atoms with van der Waals surface area (Å²) < 4.78 is 45.0. The Morgan fingerprint density at radius 1 is 1.44 bits per heavy atom. The van der Waals surface area contributed by atoms with Gasteiger partial charge in [0, 0.05) is 19.2 Å².